The molecular formula is C32H37N3O4. The van der Waals surface area contributed by atoms with Gasteiger partial charge in [-0.25, -0.2) is 0 Å². The Morgan fingerprint density at radius 3 is 2.67 bits per heavy atom. The van der Waals surface area contributed by atoms with Crippen molar-refractivity contribution >= 4 is 16.9 Å². The zero-order valence-corrected chi connectivity index (χ0v) is 22.8. The Kier molecular flexibility index (Phi) is 8.61. The van der Waals surface area contributed by atoms with Crippen molar-refractivity contribution in [3.8, 4) is 16.9 Å². The second-order valence-corrected chi connectivity index (χ2v) is 10.1. The molecule has 0 aliphatic carbocycles. The molecule has 1 saturated heterocycles. The molecule has 0 unspecified atom stereocenters. The van der Waals surface area contributed by atoms with Gasteiger partial charge >= 0.3 is 5.97 Å². The van der Waals surface area contributed by atoms with Crippen LogP contribution in [0.25, 0.3) is 22.1 Å². The first-order valence-corrected chi connectivity index (χ1v) is 13.7. The molecule has 0 bridgehead atoms. The third kappa shape index (κ3) is 6.50. The number of rotatable bonds is 10. The van der Waals surface area contributed by atoms with Crippen molar-refractivity contribution in [3.63, 3.8) is 0 Å². The van der Waals surface area contributed by atoms with Crippen LogP contribution in [0.3, 0.4) is 0 Å². The predicted octanol–water partition coefficient (Wildman–Crippen LogP) is 4.96. The predicted molar refractivity (Wildman–Crippen MR) is 154 cm³/mol. The molecule has 1 aromatic heterocycles. The highest BCUT2D eigenvalue weighted by Gasteiger charge is 2.18. The number of carbonyl (C=O) groups excluding carboxylic acids is 1. The minimum Gasteiger partial charge on any atom is -0.488 e. The number of nitrogens with zero attached hydrogens (tertiary/aromatic N) is 1. The fourth-order valence-electron chi connectivity index (χ4n) is 5.15. The maximum atomic E-state index is 12.2. The van der Waals surface area contributed by atoms with E-state index in [2.05, 4.69) is 46.6 Å². The molecule has 7 heteroatoms. The maximum absolute atomic E-state index is 12.2. The molecule has 4 aromatic rings. The van der Waals surface area contributed by atoms with Crippen molar-refractivity contribution in [3.05, 3.63) is 88.7 Å². The van der Waals surface area contributed by atoms with Crippen LogP contribution in [0, 0.1) is 6.92 Å². The van der Waals surface area contributed by atoms with Crippen LogP contribution >= 0.6 is 0 Å². The van der Waals surface area contributed by atoms with E-state index in [1.165, 1.54) is 0 Å². The van der Waals surface area contributed by atoms with Crippen LogP contribution < -0.4 is 15.8 Å². The summed E-state index contributed by atoms with van der Waals surface area (Å²) in [5, 5.41) is 4.47. The van der Waals surface area contributed by atoms with Crippen molar-refractivity contribution < 1.29 is 18.7 Å². The third-order valence-corrected chi connectivity index (χ3v) is 7.17. The molecule has 1 aliphatic heterocycles. The second-order valence-electron chi connectivity index (χ2n) is 10.1. The van der Waals surface area contributed by atoms with Crippen LogP contribution in [0.15, 0.2) is 65.3 Å². The van der Waals surface area contributed by atoms with E-state index in [-0.39, 0.29) is 12.4 Å². The molecule has 7 nitrogen and oxygen atoms in total. The van der Waals surface area contributed by atoms with Crippen LogP contribution in [0.5, 0.6) is 5.75 Å². The molecule has 204 valence electrons. The summed E-state index contributed by atoms with van der Waals surface area (Å²) in [7, 11) is 0. The van der Waals surface area contributed by atoms with Crippen molar-refractivity contribution in [1.82, 2.24) is 10.2 Å². The summed E-state index contributed by atoms with van der Waals surface area (Å²) in [6.45, 7) is 9.79. The summed E-state index contributed by atoms with van der Waals surface area (Å²) in [6, 6.07) is 18.7. The molecule has 1 fully saturated rings. The molecule has 0 spiro atoms. The first-order chi connectivity index (χ1) is 19.0. The van der Waals surface area contributed by atoms with Gasteiger partial charge in [-0.15, -0.1) is 0 Å². The Labute approximate surface area is 229 Å². The van der Waals surface area contributed by atoms with Gasteiger partial charge in [-0.05, 0) is 54.8 Å². The number of carbonyl (C=O) groups is 1. The first-order valence-electron chi connectivity index (χ1n) is 13.7. The maximum Gasteiger partial charge on any atom is 0.310 e. The number of esters is 1. The molecule has 2 heterocycles. The summed E-state index contributed by atoms with van der Waals surface area (Å²) < 4.78 is 17.6. The zero-order valence-electron chi connectivity index (χ0n) is 22.8. The highest BCUT2D eigenvalue weighted by molar-refractivity contribution is 5.89. The van der Waals surface area contributed by atoms with Gasteiger partial charge in [-0.3, -0.25) is 9.69 Å². The highest BCUT2D eigenvalue weighted by Crippen LogP contribution is 2.33. The number of aryl methyl sites for hydroxylation is 1. The van der Waals surface area contributed by atoms with E-state index in [1.54, 1.807) is 6.26 Å². The Morgan fingerprint density at radius 2 is 1.87 bits per heavy atom. The first kappa shape index (κ1) is 26.9. The smallest absolute Gasteiger partial charge is 0.310 e. The number of furan rings is 1. The summed E-state index contributed by atoms with van der Waals surface area (Å²) in [5.74, 6) is 0.416. The number of nitrogens with one attached hydrogen (secondary N) is 1. The van der Waals surface area contributed by atoms with Gasteiger partial charge in [-0.2, -0.15) is 0 Å². The quantitative estimate of drug-likeness (QED) is 0.282. The lowest BCUT2D eigenvalue weighted by Crippen LogP contribution is -2.42. The second kappa shape index (κ2) is 12.5. The largest absolute Gasteiger partial charge is 0.488 e. The molecule has 0 radical (unpaired) electrons. The van der Waals surface area contributed by atoms with E-state index in [0.717, 1.165) is 82.6 Å². The van der Waals surface area contributed by atoms with E-state index >= 15 is 0 Å². The number of hydrogen-bond acceptors (Lipinski definition) is 7. The Balaban J connectivity index is 1.48. The topological polar surface area (TPSA) is 90.0 Å². The summed E-state index contributed by atoms with van der Waals surface area (Å²) in [4.78, 5) is 14.7. The minimum atomic E-state index is -0.261. The number of nitrogens with two attached hydrogens (primary N) is 1. The normalized spacial score (nSPS) is 14.0. The minimum absolute atomic E-state index is 0.174. The van der Waals surface area contributed by atoms with Crippen molar-refractivity contribution in [2.45, 2.75) is 40.0 Å². The highest BCUT2D eigenvalue weighted by atomic mass is 16.5. The van der Waals surface area contributed by atoms with E-state index in [1.807, 2.05) is 32.0 Å². The van der Waals surface area contributed by atoms with E-state index < -0.39 is 0 Å². The number of ether oxygens (including phenoxy) is 2. The number of benzene rings is 3. The SMILES string of the molecule is CCOC(=O)Cc1cc(C)ccc1OCc1coc2c(CN3CCNCC3)cc(-c3cccc(CN)c3)cc12. The van der Waals surface area contributed by atoms with E-state index in [0.29, 0.717) is 25.5 Å². The van der Waals surface area contributed by atoms with Gasteiger partial charge in [0.05, 0.1) is 19.3 Å². The Hall–Kier alpha value is -3.65. The van der Waals surface area contributed by atoms with Crippen LogP contribution in [0.4, 0.5) is 0 Å². The van der Waals surface area contributed by atoms with Gasteiger partial charge < -0.3 is 24.9 Å². The van der Waals surface area contributed by atoms with Crippen molar-refractivity contribution in [2.75, 3.05) is 32.8 Å². The Morgan fingerprint density at radius 1 is 1.03 bits per heavy atom. The van der Waals surface area contributed by atoms with Crippen LogP contribution in [0.2, 0.25) is 0 Å². The van der Waals surface area contributed by atoms with Gasteiger partial charge in [0.15, 0.2) is 0 Å². The number of hydrogen-bond donors (Lipinski definition) is 2. The fourth-order valence-corrected chi connectivity index (χ4v) is 5.15. The van der Waals surface area contributed by atoms with E-state index in [4.69, 9.17) is 19.6 Å². The van der Waals surface area contributed by atoms with Gasteiger partial charge in [-0.1, -0.05) is 35.9 Å². The summed E-state index contributed by atoms with van der Waals surface area (Å²) in [6.07, 6.45) is 1.97. The number of piperazine rings is 1. The van der Waals surface area contributed by atoms with Gasteiger partial charge in [0.2, 0.25) is 0 Å². The zero-order chi connectivity index (χ0) is 27.2. The van der Waals surface area contributed by atoms with Crippen LogP contribution in [0.1, 0.15) is 34.7 Å². The fraction of sp³-hybridized carbons (Fsp3) is 0.344. The molecule has 3 N–H and O–H groups in total. The van der Waals surface area contributed by atoms with Gasteiger partial charge in [0.25, 0.3) is 0 Å². The lowest BCUT2D eigenvalue weighted by atomic mass is 9.97. The third-order valence-electron chi connectivity index (χ3n) is 7.17. The lowest BCUT2D eigenvalue weighted by Gasteiger charge is -2.27. The monoisotopic (exact) mass is 527 g/mol. The standard InChI is InChI=1S/C32H37N3O4/c1-3-37-31(36)17-26-13-22(2)7-8-30(26)38-20-28-21-39-32-27(19-35-11-9-34-10-12-35)15-25(16-29(28)32)24-6-4-5-23(14-24)18-33/h4-8,13-16,21,34H,3,9-12,17-20,33H2,1-2H3. The summed E-state index contributed by atoms with van der Waals surface area (Å²) >= 11 is 0. The van der Waals surface area contributed by atoms with E-state index in [9.17, 15) is 4.79 Å². The average molecular weight is 528 g/mol. The molecule has 1 aliphatic rings. The molecule has 5 rings (SSSR count). The molecule has 3 aromatic carbocycles. The Bertz CT molecular complexity index is 1440. The molecule has 39 heavy (non-hydrogen) atoms. The summed E-state index contributed by atoms with van der Waals surface area (Å²) in [5.41, 5.74) is 14.2. The van der Waals surface area contributed by atoms with Gasteiger partial charge in [0.1, 0.15) is 17.9 Å². The molecular weight excluding hydrogens is 490 g/mol. The van der Waals surface area contributed by atoms with Gasteiger partial charge in [0, 0.05) is 61.3 Å². The molecule has 0 amide bonds. The van der Waals surface area contributed by atoms with Crippen molar-refractivity contribution in [2.24, 2.45) is 5.73 Å². The van der Waals surface area contributed by atoms with Crippen molar-refractivity contribution in [1.29, 1.82) is 0 Å². The lowest BCUT2D eigenvalue weighted by molar-refractivity contribution is -0.142. The van der Waals surface area contributed by atoms with Crippen LogP contribution in [-0.4, -0.2) is 43.7 Å². The molecule has 0 atom stereocenters. The molecule has 0 saturated carbocycles. The number of fused-ring (bicyclic) bond motifs is 1. The average Bonchev–Trinajstić information content (AvgIpc) is 3.36. The van der Waals surface area contributed by atoms with Crippen LogP contribution in [-0.2, 0) is 35.6 Å².